The summed E-state index contributed by atoms with van der Waals surface area (Å²) in [6.07, 6.45) is 7.29. The van der Waals surface area contributed by atoms with Crippen LogP contribution in [0.1, 0.15) is 33.6 Å². The molecule has 0 radical (unpaired) electrons. The van der Waals surface area contributed by atoms with Crippen molar-refractivity contribution in [3.8, 4) is 10.6 Å². The van der Waals surface area contributed by atoms with E-state index in [2.05, 4.69) is 28.7 Å². The number of thiophene rings is 1. The Morgan fingerprint density at radius 3 is 2.79 bits per heavy atom. The lowest BCUT2D eigenvalue weighted by Crippen LogP contribution is -2.15. The summed E-state index contributed by atoms with van der Waals surface area (Å²) >= 11 is 1.66. The zero-order valence-electron chi connectivity index (χ0n) is 16.1. The van der Waals surface area contributed by atoms with E-state index in [1.54, 1.807) is 22.2 Å². The van der Waals surface area contributed by atoms with Gasteiger partial charge >= 0.3 is 0 Å². The molecule has 0 saturated heterocycles. The highest BCUT2D eigenvalue weighted by Gasteiger charge is 2.25. The fourth-order valence-corrected chi connectivity index (χ4v) is 4.54. The SMILES string of the molecule is Cn1ncc2c1CC/C(=C\c1cn(Cc3ccccc3)nc1-c1cccs1)C2=O. The van der Waals surface area contributed by atoms with Crippen molar-refractivity contribution in [3.05, 3.63) is 88.2 Å². The molecule has 3 aromatic heterocycles. The fourth-order valence-electron chi connectivity index (χ4n) is 3.81. The standard InChI is InChI=1S/C23H20N4OS/c1-26-20-10-9-17(23(28)19(20)13-24-26)12-18-15-27(14-16-6-3-2-4-7-16)25-22(18)21-8-5-11-29-21/h2-8,11-13,15H,9-10,14H2,1H3/b17-12+. The smallest absolute Gasteiger partial charge is 0.192 e. The number of benzene rings is 1. The first-order valence-corrected chi connectivity index (χ1v) is 10.5. The van der Waals surface area contributed by atoms with E-state index in [1.807, 2.05) is 48.3 Å². The van der Waals surface area contributed by atoms with Crippen LogP contribution in [0.4, 0.5) is 0 Å². The first-order valence-electron chi connectivity index (χ1n) is 9.60. The quantitative estimate of drug-likeness (QED) is 0.470. The Kier molecular flexibility index (Phi) is 4.48. The van der Waals surface area contributed by atoms with Gasteiger partial charge in [0.15, 0.2) is 5.78 Å². The predicted molar refractivity (Wildman–Crippen MR) is 115 cm³/mol. The van der Waals surface area contributed by atoms with E-state index in [1.165, 1.54) is 5.56 Å². The van der Waals surface area contributed by atoms with Crippen LogP contribution in [0.5, 0.6) is 0 Å². The van der Waals surface area contributed by atoms with Crippen molar-refractivity contribution >= 4 is 23.2 Å². The Hall–Kier alpha value is -3.25. The molecule has 0 spiro atoms. The van der Waals surface area contributed by atoms with Gasteiger partial charge in [0.05, 0.1) is 23.2 Å². The molecule has 6 heteroatoms. The minimum Gasteiger partial charge on any atom is -0.289 e. The number of hydrogen-bond donors (Lipinski definition) is 0. The lowest BCUT2D eigenvalue weighted by atomic mass is 9.90. The van der Waals surface area contributed by atoms with Gasteiger partial charge in [-0.1, -0.05) is 36.4 Å². The van der Waals surface area contributed by atoms with Crippen LogP contribution in [0.2, 0.25) is 0 Å². The lowest BCUT2D eigenvalue weighted by Gasteiger charge is -2.14. The zero-order chi connectivity index (χ0) is 19.8. The van der Waals surface area contributed by atoms with Crippen LogP contribution in [0, 0.1) is 0 Å². The lowest BCUT2D eigenvalue weighted by molar-refractivity contribution is 0.102. The molecular formula is C23H20N4OS. The van der Waals surface area contributed by atoms with Crippen molar-refractivity contribution in [2.24, 2.45) is 7.05 Å². The molecule has 1 aromatic carbocycles. The zero-order valence-corrected chi connectivity index (χ0v) is 16.9. The maximum absolute atomic E-state index is 13.0. The summed E-state index contributed by atoms with van der Waals surface area (Å²) in [5.74, 6) is 0.0762. The number of aromatic nitrogens is 4. The maximum atomic E-state index is 13.0. The molecule has 0 aliphatic heterocycles. The molecule has 1 aliphatic rings. The van der Waals surface area contributed by atoms with E-state index < -0.39 is 0 Å². The Balaban J connectivity index is 1.54. The van der Waals surface area contributed by atoms with Crippen molar-refractivity contribution in [3.63, 3.8) is 0 Å². The monoisotopic (exact) mass is 400 g/mol. The molecule has 144 valence electrons. The van der Waals surface area contributed by atoms with Crippen LogP contribution >= 0.6 is 11.3 Å². The van der Waals surface area contributed by atoms with E-state index >= 15 is 0 Å². The Morgan fingerprint density at radius 1 is 1.14 bits per heavy atom. The Morgan fingerprint density at radius 2 is 2.00 bits per heavy atom. The molecule has 0 atom stereocenters. The minimum atomic E-state index is 0.0762. The molecule has 4 aromatic rings. The van der Waals surface area contributed by atoms with Crippen LogP contribution in [-0.4, -0.2) is 25.3 Å². The summed E-state index contributed by atoms with van der Waals surface area (Å²) in [6.45, 7) is 0.698. The highest BCUT2D eigenvalue weighted by Crippen LogP contribution is 2.31. The maximum Gasteiger partial charge on any atom is 0.192 e. The summed E-state index contributed by atoms with van der Waals surface area (Å²) in [5.41, 5.74) is 5.67. The third kappa shape index (κ3) is 3.36. The summed E-state index contributed by atoms with van der Waals surface area (Å²) in [7, 11) is 1.89. The van der Waals surface area contributed by atoms with E-state index in [4.69, 9.17) is 5.10 Å². The largest absolute Gasteiger partial charge is 0.289 e. The second kappa shape index (κ2) is 7.29. The molecular weight excluding hydrogens is 380 g/mol. The van der Waals surface area contributed by atoms with Crippen LogP contribution < -0.4 is 0 Å². The normalized spacial score (nSPS) is 15.1. The van der Waals surface area contributed by atoms with E-state index in [9.17, 15) is 4.79 Å². The van der Waals surface area contributed by atoms with Crippen molar-refractivity contribution in [1.82, 2.24) is 19.6 Å². The predicted octanol–water partition coefficient (Wildman–Crippen LogP) is 4.61. The van der Waals surface area contributed by atoms with Crippen molar-refractivity contribution < 1.29 is 4.79 Å². The minimum absolute atomic E-state index is 0.0762. The molecule has 5 nitrogen and oxygen atoms in total. The van der Waals surface area contributed by atoms with Gasteiger partial charge in [-0.3, -0.25) is 14.2 Å². The van der Waals surface area contributed by atoms with Crippen LogP contribution in [0.3, 0.4) is 0 Å². The van der Waals surface area contributed by atoms with Gasteiger partial charge in [0, 0.05) is 30.1 Å². The molecule has 0 N–H and O–H groups in total. The summed E-state index contributed by atoms with van der Waals surface area (Å²) in [5, 5.41) is 11.1. The fraction of sp³-hybridized carbons (Fsp3) is 0.174. The first kappa shape index (κ1) is 17.8. The summed E-state index contributed by atoms with van der Waals surface area (Å²) in [4.78, 5) is 14.1. The van der Waals surface area contributed by atoms with Gasteiger partial charge in [-0.25, -0.2) is 0 Å². The summed E-state index contributed by atoms with van der Waals surface area (Å²) in [6, 6.07) is 14.4. The van der Waals surface area contributed by atoms with Gasteiger partial charge < -0.3 is 0 Å². The van der Waals surface area contributed by atoms with E-state index in [-0.39, 0.29) is 5.78 Å². The Bertz CT molecular complexity index is 1200. The molecule has 0 unspecified atom stereocenters. The molecule has 5 rings (SSSR count). The van der Waals surface area contributed by atoms with Crippen LogP contribution in [0.15, 0.2) is 65.8 Å². The number of carbonyl (C=O) groups excluding carboxylic acids is 1. The molecule has 0 amide bonds. The van der Waals surface area contributed by atoms with Gasteiger partial charge in [-0.15, -0.1) is 11.3 Å². The molecule has 0 bridgehead atoms. The van der Waals surface area contributed by atoms with Gasteiger partial charge in [0.2, 0.25) is 0 Å². The van der Waals surface area contributed by atoms with Crippen LogP contribution in [-0.2, 0) is 20.0 Å². The Labute approximate surface area is 172 Å². The van der Waals surface area contributed by atoms with Crippen LogP contribution in [0.25, 0.3) is 16.6 Å². The molecule has 1 aliphatic carbocycles. The molecule has 3 heterocycles. The van der Waals surface area contributed by atoms with Gasteiger partial charge in [-0.2, -0.15) is 10.2 Å². The van der Waals surface area contributed by atoms with Crippen molar-refractivity contribution in [2.75, 3.05) is 0 Å². The number of rotatable bonds is 4. The van der Waals surface area contributed by atoms with Gasteiger partial charge in [0.1, 0.15) is 5.69 Å². The third-order valence-electron chi connectivity index (χ3n) is 5.29. The number of carbonyl (C=O) groups is 1. The second-order valence-corrected chi connectivity index (χ2v) is 8.17. The average molecular weight is 401 g/mol. The van der Waals surface area contributed by atoms with Crippen molar-refractivity contribution in [2.45, 2.75) is 19.4 Å². The third-order valence-corrected chi connectivity index (χ3v) is 6.17. The molecule has 29 heavy (non-hydrogen) atoms. The number of Topliss-reactive ketones (excluding diaryl/α,β-unsaturated/α-hetero) is 1. The summed E-state index contributed by atoms with van der Waals surface area (Å²) < 4.78 is 3.76. The number of allylic oxidation sites excluding steroid dienone is 1. The highest BCUT2D eigenvalue weighted by molar-refractivity contribution is 7.13. The number of ketones is 1. The van der Waals surface area contributed by atoms with Gasteiger partial charge in [0.25, 0.3) is 0 Å². The average Bonchev–Trinajstić information content (AvgIpc) is 3.46. The van der Waals surface area contributed by atoms with Gasteiger partial charge in [-0.05, 0) is 35.9 Å². The highest BCUT2D eigenvalue weighted by atomic mass is 32.1. The number of hydrogen-bond acceptors (Lipinski definition) is 4. The van der Waals surface area contributed by atoms with E-state index in [0.717, 1.165) is 45.8 Å². The number of nitrogens with zero attached hydrogens (tertiary/aromatic N) is 4. The van der Waals surface area contributed by atoms with E-state index in [0.29, 0.717) is 6.54 Å². The second-order valence-electron chi connectivity index (χ2n) is 7.22. The topological polar surface area (TPSA) is 52.7 Å². The molecule has 0 fully saturated rings. The number of aryl methyl sites for hydroxylation is 1. The molecule has 0 saturated carbocycles. The first-order chi connectivity index (χ1) is 14.2. The number of fused-ring (bicyclic) bond motifs is 1. The van der Waals surface area contributed by atoms with Crippen molar-refractivity contribution in [1.29, 1.82) is 0 Å².